The molecule has 18 rings (SSSR count). The van der Waals surface area contributed by atoms with Crippen LogP contribution < -0.4 is 33.8 Å². The van der Waals surface area contributed by atoms with Gasteiger partial charge in [-0.1, -0.05) is 18.2 Å². The van der Waals surface area contributed by atoms with Crippen LogP contribution in [-0.4, -0.2) is 145 Å². The molecule has 133 heavy (non-hydrogen) atoms. The van der Waals surface area contributed by atoms with Crippen molar-refractivity contribution in [3.8, 4) is 45.7 Å². The van der Waals surface area contributed by atoms with E-state index in [0.29, 0.717) is 45.2 Å². The molecule has 0 atom stereocenters. The van der Waals surface area contributed by atoms with Crippen LogP contribution in [0.2, 0.25) is 0 Å². The third-order valence-corrected chi connectivity index (χ3v) is 25.1. The topological polar surface area (TPSA) is 265 Å². The van der Waals surface area contributed by atoms with Crippen molar-refractivity contribution in [3.63, 3.8) is 0 Å². The first-order valence-corrected chi connectivity index (χ1v) is 46.5. The highest BCUT2D eigenvalue weighted by Gasteiger charge is 2.34. The van der Waals surface area contributed by atoms with Crippen molar-refractivity contribution in [1.82, 2.24) is 52.9 Å². The number of H-pyrrole nitrogens is 1. The number of hydrogen-bond donors (Lipinski definition) is 4. The number of halogens is 9. The second-order valence-corrected chi connectivity index (χ2v) is 37.4. The Hall–Kier alpha value is -14.2. The first-order chi connectivity index (χ1) is 63.0. The number of tetrazole rings is 1. The summed E-state index contributed by atoms with van der Waals surface area (Å²) in [4.78, 5) is 19.9. The number of alkyl halides is 3. The highest BCUT2D eigenvalue weighted by Crippen LogP contribution is 2.42. The Labute approximate surface area is 761 Å². The molecule has 1 fully saturated rings. The predicted molar refractivity (Wildman–Crippen MR) is 501 cm³/mol. The Bertz CT molecular complexity index is 7460. The summed E-state index contributed by atoms with van der Waals surface area (Å²) in [6, 6.07) is 72.4. The number of sulfonamides is 2. The zero-order chi connectivity index (χ0) is 95.6. The molecule has 0 saturated heterocycles. The summed E-state index contributed by atoms with van der Waals surface area (Å²) in [7, 11) is -2.59. The van der Waals surface area contributed by atoms with E-state index in [1.54, 1.807) is 109 Å². The van der Waals surface area contributed by atoms with Crippen molar-refractivity contribution >= 4 is 120 Å². The number of fused-ring (bicyclic) bond motifs is 5. The lowest BCUT2D eigenvalue weighted by Crippen LogP contribution is -2.29. The predicted octanol–water partition coefficient (Wildman–Crippen LogP) is 20.9. The van der Waals surface area contributed by atoms with Crippen molar-refractivity contribution < 1.29 is 78.9 Å². The lowest BCUT2D eigenvalue weighted by atomic mass is 10.1. The maximum atomic E-state index is 14.2. The maximum absolute atomic E-state index is 14.2. The molecule has 6 aromatic heterocycles. The molecule has 11 aromatic carbocycles. The number of nitrogens with one attached hydrogen (secondary N) is 3. The van der Waals surface area contributed by atoms with E-state index in [9.17, 15) is 69.6 Å². The minimum absolute atomic E-state index is 0.200. The van der Waals surface area contributed by atoms with Crippen molar-refractivity contribution in [3.05, 3.63) is 313 Å². The van der Waals surface area contributed by atoms with Gasteiger partial charge in [-0.2, -0.15) is 26.8 Å². The van der Waals surface area contributed by atoms with Crippen molar-refractivity contribution in [2.45, 2.75) is 94.6 Å². The SMILES string of the molecule is CC(C)N(C)c1cc2cc(C(=O)NS(C)(=O)=O)ccc2n1-c1ccc(F)cc1.CC(C)Oc1cc2cc(S(=O)(=O)O)c(F)cc2n1-c1ccc(F)cc1.CN(c1cc2cc(C(F)(F)F)ccc2n1-c1ccc(F)cc1)C1CC1.CN(c1ccccc1)c1cc2cc(-c3nn[nH]n3)ccc2n1-c1ccc(F)cc1.CNS(=O)(=O)c1ccc2c(c1)cc(N(C)C(C)C)n2-c1ccc(F)cc1. The number of carbonyl (C=O) groups is 1. The number of carbonyl (C=O) groups excluding carboxylic acids is 1. The largest absolute Gasteiger partial charge is 0.476 e. The molecule has 36 heteroatoms. The van der Waals surface area contributed by atoms with Gasteiger partial charge in [0.15, 0.2) is 5.88 Å². The Balaban J connectivity index is 0.000000134. The number of aromatic nitrogens is 9. The Morgan fingerprint density at radius 1 is 0.481 bits per heavy atom. The Kier molecular flexibility index (Phi) is 27.6. The van der Waals surface area contributed by atoms with Crippen LogP contribution in [0, 0.1) is 34.9 Å². The average Bonchev–Trinajstić information content (AvgIpc) is 1.64. The number of nitrogens with zero attached hydrogens (tertiary/aromatic N) is 12. The van der Waals surface area contributed by atoms with Gasteiger partial charge in [-0.25, -0.2) is 52.6 Å². The van der Waals surface area contributed by atoms with Crippen LogP contribution in [0.5, 0.6) is 5.88 Å². The molecule has 6 heterocycles. The summed E-state index contributed by atoms with van der Waals surface area (Å²) in [5.41, 5.74) is 8.89. The van der Waals surface area contributed by atoms with Crippen molar-refractivity contribution in [2.75, 3.05) is 61.1 Å². The molecule has 0 spiro atoms. The lowest BCUT2D eigenvalue weighted by Gasteiger charge is -2.25. The second-order valence-electron chi connectivity index (χ2n) is 32.4. The van der Waals surface area contributed by atoms with E-state index in [4.69, 9.17) is 9.29 Å². The molecule has 24 nitrogen and oxygen atoms in total. The molecular weight excluding hydrogens is 1790 g/mol. The van der Waals surface area contributed by atoms with Crippen LogP contribution in [0.25, 0.3) is 94.3 Å². The van der Waals surface area contributed by atoms with Gasteiger partial charge < -0.3 is 24.3 Å². The van der Waals surface area contributed by atoms with E-state index in [0.717, 1.165) is 127 Å². The van der Waals surface area contributed by atoms with E-state index in [2.05, 4.69) is 95.4 Å². The molecule has 1 amide bonds. The number of ether oxygens (including phenoxy) is 1. The van der Waals surface area contributed by atoms with Crippen LogP contribution in [0.1, 0.15) is 70.3 Å². The van der Waals surface area contributed by atoms with Crippen LogP contribution in [0.15, 0.2) is 277 Å². The van der Waals surface area contributed by atoms with Gasteiger partial charge in [-0.15, -0.1) is 10.2 Å². The van der Waals surface area contributed by atoms with Crippen molar-refractivity contribution in [2.24, 2.45) is 0 Å². The molecule has 1 saturated carbocycles. The number of amides is 1. The first-order valence-electron chi connectivity index (χ1n) is 41.7. The number of hydrogen-bond acceptors (Lipinski definition) is 15. The maximum Gasteiger partial charge on any atom is 0.416 e. The fraction of sp³-hybridized carbons (Fsp3) is 0.196. The van der Waals surface area contributed by atoms with Crippen LogP contribution in [0.3, 0.4) is 0 Å². The quantitative estimate of drug-likeness (QED) is 0.0385. The zero-order valence-corrected chi connectivity index (χ0v) is 76.3. The molecular formula is C97H92F9N15O9S3. The number of anilines is 5. The minimum Gasteiger partial charge on any atom is -0.476 e. The summed E-state index contributed by atoms with van der Waals surface area (Å²) in [5.74, 6) is 0.994. The van der Waals surface area contributed by atoms with E-state index >= 15 is 0 Å². The molecule has 0 radical (unpaired) electrons. The highest BCUT2D eigenvalue weighted by atomic mass is 32.2. The van der Waals surface area contributed by atoms with Crippen LogP contribution in [-0.2, 0) is 36.3 Å². The third-order valence-electron chi connectivity index (χ3n) is 22.2. The van der Waals surface area contributed by atoms with Crippen LogP contribution in [0.4, 0.5) is 68.5 Å². The molecule has 690 valence electrons. The number of aromatic amines is 1. The molecule has 4 N–H and O–H groups in total. The van der Waals surface area contributed by atoms with Crippen LogP contribution >= 0.6 is 0 Å². The molecule has 0 bridgehead atoms. The number of benzene rings is 11. The monoisotopic (exact) mass is 1880 g/mol. The van der Waals surface area contributed by atoms with E-state index in [-0.39, 0.29) is 51.9 Å². The smallest absolute Gasteiger partial charge is 0.416 e. The lowest BCUT2D eigenvalue weighted by molar-refractivity contribution is -0.137. The molecule has 1 aliphatic carbocycles. The van der Waals surface area contributed by atoms with Crippen molar-refractivity contribution in [1.29, 1.82) is 0 Å². The van der Waals surface area contributed by atoms with E-state index in [1.165, 1.54) is 98.0 Å². The van der Waals surface area contributed by atoms with Gasteiger partial charge in [0.1, 0.15) is 63.1 Å². The Morgan fingerprint density at radius 3 is 1.35 bits per heavy atom. The summed E-state index contributed by atoms with van der Waals surface area (Å²) in [6.07, 6.45) is -1.52. The van der Waals surface area contributed by atoms with Gasteiger partial charge in [0.2, 0.25) is 25.9 Å². The molecule has 0 aliphatic heterocycles. The Morgan fingerprint density at radius 2 is 0.902 bits per heavy atom. The standard InChI is InChI=1S/C22H17FN6.C20H22FN3O3S.C19H16F4N2.C19H22FN3O2S.C17H15F2NO4S/c1-28(18-5-3-2-4-6-18)21-14-16-13-15(22-24-26-27-25-22)7-12-20(16)29(21)19-10-8-17(23)9-11-19;1-13(2)23(3)19-12-15-11-14(20(25)22-28(4,26)27)5-10-18(15)24(19)17-8-6-16(21)7-9-17;1-24(15-7-8-15)18-11-12-10-13(19(21,22)23)2-9-17(12)25(18)16-5-3-14(20)4-6-16;1-13(2)22(4)19-12-14-11-17(26(24,25)21-3)9-10-18(14)23(19)16-7-5-15(20)6-8-16;1-10(2)24-17-8-11-7-16(25(21,22)23)14(19)9-15(11)20(17)13-5-3-12(18)4-6-13/h2-14H,1H3,(H,24,25,26,27);5-13H,1-4H3,(H,22,25);2-6,9-11,15H,7-8H2,1H3;5-13,21H,1-4H3;3-10H,1-2H3,(H,21,22,23). The first kappa shape index (κ1) is 94.9. The minimum atomic E-state index is -4.70. The molecule has 1 aliphatic rings. The fourth-order valence-corrected chi connectivity index (χ4v) is 16.8. The van der Waals surface area contributed by atoms with Gasteiger partial charge in [0.25, 0.3) is 16.0 Å². The van der Waals surface area contributed by atoms with E-state index < -0.39 is 64.3 Å². The summed E-state index contributed by atoms with van der Waals surface area (Å²) in [6.45, 7) is 11.9. The highest BCUT2D eigenvalue weighted by molar-refractivity contribution is 7.89. The van der Waals surface area contributed by atoms with E-state index in [1.807, 2.05) is 95.1 Å². The van der Waals surface area contributed by atoms with Gasteiger partial charge in [-0.05, 0) is 303 Å². The zero-order valence-electron chi connectivity index (χ0n) is 73.8. The van der Waals surface area contributed by atoms with Gasteiger partial charge in [-0.3, -0.25) is 32.2 Å². The summed E-state index contributed by atoms with van der Waals surface area (Å²) >= 11 is 0. The summed E-state index contributed by atoms with van der Waals surface area (Å²) in [5, 5.41) is 17.7. The fourth-order valence-electron chi connectivity index (χ4n) is 15.0. The van der Waals surface area contributed by atoms with Gasteiger partial charge in [0.05, 0.1) is 50.4 Å². The number of rotatable bonds is 21. The second kappa shape index (κ2) is 38.7. The number of para-hydroxylation sites is 1. The average molecular weight is 1880 g/mol. The molecule has 0 unspecified atom stereocenters. The van der Waals surface area contributed by atoms with Gasteiger partial charge in [0, 0.05) is 131 Å². The molecule has 17 aromatic rings. The normalized spacial score (nSPS) is 12.3. The third kappa shape index (κ3) is 21.4. The summed E-state index contributed by atoms with van der Waals surface area (Å²) < 4.78 is 218. The van der Waals surface area contributed by atoms with Gasteiger partial charge >= 0.3 is 6.18 Å².